The number of aromatic carboxylic acids is 1. The van der Waals surface area contributed by atoms with Gasteiger partial charge < -0.3 is 14.6 Å². The molecule has 2 aromatic carbocycles. The number of carboxylic acid groups (broad SMARTS) is 1. The molecule has 0 saturated carbocycles. The van der Waals surface area contributed by atoms with Gasteiger partial charge in [0.2, 0.25) is 5.76 Å². The van der Waals surface area contributed by atoms with E-state index in [-0.39, 0.29) is 17.3 Å². The van der Waals surface area contributed by atoms with E-state index in [1.807, 2.05) is 0 Å². The van der Waals surface area contributed by atoms with E-state index >= 15 is 0 Å². The molecule has 0 spiro atoms. The van der Waals surface area contributed by atoms with Crippen molar-refractivity contribution in [1.29, 1.82) is 0 Å². The van der Waals surface area contributed by atoms with Gasteiger partial charge in [0.1, 0.15) is 17.7 Å². The molecule has 2 N–H and O–H groups in total. The van der Waals surface area contributed by atoms with Gasteiger partial charge in [-0.2, -0.15) is 0 Å². The highest BCUT2D eigenvalue weighted by Crippen LogP contribution is 2.31. The van der Waals surface area contributed by atoms with Crippen LogP contribution in [0.25, 0.3) is 10.8 Å². The predicted molar refractivity (Wildman–Crippen MR) is 73.6 cm³/mol. The molecule has 0 bridgehead atoms. The van der Waals surface area contributed by atoms with Crippen molar-refractivity contribution in [3.63, 3.8) is 0 Å². The van der Waals surface area contributed by atoms with Crippen LogP contribution in [0.3, 0.4) is 0 Å². The first kappa shape index (κ1) is 13.3. The first-order chi connectivity index (χ1) is 10.1. The van der Waals surface area contributed by atoms with Gasteiger partial charge in [0.25, 0.3) is 0 Å². The zero-order valence-corrected chi connectivity index (χ0v) is 10.8. The zero-order valence-electron chi connectivity index (χ0n) is 10.8. The Kier molecular flexibility index (Phi) is 3.19. The molecule has 0 amide bonds. The Balaban J connectivity index is 2.11. The summed E-state index contributed by atoms with van der Waals surface area (Å²) in [5, 5.41) is 20.1. The Bertz CT molecular complexity index is 822. The van der Waals surface area contributed by atoms with Crippen LogP contribution in [0.15, 0.2) is 52.9 Å². The molecule has 5 heteroatoms. The normalized spacial score (nSPS) is 12.5. The highest BCUT2D eigenvalue weighted by molar-refractivity contribution is 5.87. The fourth-order valence-corrected chi connectivity index (χ4v) is 2.29. The maximum absolute atomic E-state index is 13.8. The Hall–Kier alpha value is -2.66. The monoisotopic (exact) mass is 286 g/mol. The SMILES string of the molecule is O=C(O)c1ccc(C(O)c2ccc(F)c3ccccc23)o1. The van der Waals surface area contributed by atoms with Crippen LogP contribution >= 0.6 is 0 Å². The second-order valence-electron chi connectivity index (χ2n) is 4.59. The van der Waals surface area contributed by atoms with Gasteiger partial charge in [-0.3, -0.25) is 0 Å². The molecule has 0 radical (unpaired) electrons. The highest BCUT2D eigenvalue weighted by atomic mass is 19.1. The number of hydrogen-bond donors (Lipinski definition) is 2. The first-order valence-corrected chi connectivity index (χ1v) is 6.26. The molecule has 3 rings (SSSR count). The minimum atomic E-state index is -1.21. The van der Waals surface area contributed by atoms with Crippen molar-refractivity contribution in [2.45, 2.75) is 6.10 Å². The van der Waals surface area contributed by atoms with Crippen LogP contribution in [0.4, 0.5) is 4.39 Å². The molecule has 1 atom stereocenters. The predicted octanol–water partition coefficient (Wildman–Crippen LogP) is 3.35. The van der Waals surface area contributed by atoms with E-state index in [1.54, 1.807) is 24.3 Å². The third-order valence-corrected chi connectivity index (χ3v) is 3.31. The molecule has 106 valence electrons. The maximum atomic E-state index is 13.8. The summed E-state index contributed by atoms with van der Waals surface area (Å²) >= 11 is 0. The van der Waals surface area contributed by atoms with Gasteiger partial charge in [-0.25, -0.2) is 9.18 Å². The minimum absolute atomic E-state index is 0.101. The van der Waals surface area contributed by atoms with Crippen LogP contribution in [0, 0.1) is 5.82 Å². The van der Waals surface area contributed by atoms with E-state index in [2.05, 4.69) is 0 Å². The molecule has 1 unspecified atom stereocenters. The minimum Gasteiger partial charge on any atom is -0.475 e. The number of aliphatic hydroxyl groups is 1. The van der Waals surface area contributed by atoms with Gasteiger partial charge in [-0.05, 0) is 29.1 Å². The van der Waals surface area contributed by atoms with Gasteiger partial charge in [0, 0.05) is 5.39 Å². The number of rotatable bonds is 3. The molecule has 0 aliphatic heterocycles. The molecule has 0 aliphatic carbocycles. The third kappa shape index (κ3) is 2.28. The number of benzene rings is 2. The molecule has 21 heavy (non-hydrogen) atoms. The number of fused-ring (bicyclic) bond motifs is 1. The lowest BCUT2D eigenvalue weighted by atomic mass is 9.99. The molecule has 1 heterocycles. The van der Waals surface area contributed by atoms with Crippen molar-refractivity contribution in [1.82, 2.24) is 0 Å². The average molecular weight is 286 g/mol. The van der Waals surface area contributed by atoms with Crippen molar-refractivity contribution in [2.75, 3.05) is 0 Å². The molecule has 1 aromatic heterocycles. The maximum Gasteiger partial charge on any atom is 0.371 e. The van der Waals surface area contributed by atoms with Crippen LogP contribution in [0.5, 0.6) is 0 Å². The van der Waals surface area contributed by atoms with Crippen molar-refractivity contribution in [3.8, 4) is 0 Å². The van der Waals surface area contributed by atoms with Crippen LogP contribution in [0.1, 0.15) is 28.0 Å². The van der Waals surface area contributed by atoms with Gasteiger partial charge in [-0.15, -0.1) is 0 Å². The molecule has 0 saturated heterocycles. The quantitative estimate of drug-likeness (QED) is 0.774. The largest absolute Gasteiger partial charge is 0.475 e. The lowest BCUT2D eigenvalue weighted by Gasteiger charge is -2.12. The molecule has 4 nitrogen and oxygen atoms in total. The summed E-state index contributed by atoms with van der Waals surface area (Å²) in [4.78, 5) is 10.8. The zero-order chi connectivity index (χ0) is 15.0. The van der Waals surface area contributed by atoms with Gasteiger partial charge in [0.05, 0.1) is 0 Å². The van der Waals surface area contributed by atoms with Crippen molar-refractivity contribution in [2.24, 2.45) is 0 Å². The molecule has 0 fully saturated rings. The van der Waals surface area contributed by atoms with Crippen molar-refractivity contribution < 1.29 is 23.8 Å². The Labute approximate surface area is 119 Å². The number of carbonyl (C=O) groups is 1. The summed E-state index contributed by atoms with van der Waals surface area (Å²) in [5.41, 5.74) is 0.457. The van der Waals surface area contributed by atoms with E-state index in [0.29, 0.717) is 16.3 Å². The van der Waals surface area contributed by atoms with E-state index < -0.39 is 12.1 Å². The molecular weight excluding hydrogens is 275 g/mol. The second kappa shape index (κ2) is 5.03. The third-order valence-electron chi connectivity index (χ3n) is 3.31. The average Bonchev–Trinajstić information content (AvgIpc) is 2.97. The smallest absolute Gasteiger partial charge is 0.371 e. The number of halogens is 1. The number of carboxylic acids is 1. The summed E-state index contributed by atoms with van der Waals surface area (Å²) in [6.45, 7) is 0. The van der Waals surface area contributed by atoms with E-state index in [9.17, 15) is 14.3 Å². The van der Waals surface area contributed by atoms with Gasteiger partial charge in [0.15, 0.2) is 0 Å². The van der Waals surface area contributed by atoms with Crippen LogP contribution in [-0.4, -0.2) is 16.2 Å². The number of aliphatic hydroxyl groups excluding tert-OH is 1. The Morgan fingerprint density at radius 1 is 1.05 bits per heavy atom. The van der Waals surface area contributed by atoms with Crippen LogP contribution in [0.2, 0.25) is 0 Å². The van der Waals surface area contributed by atoms with E-state index in [1.165, 1.54) is 24.3 Å². The van der Waals surface area contributed by atoms with Gasteiger partial charge in [-0.1, -0.05) is 30.3 Å². The number of hydrogen-bond acceptors (Lipinski definition) is 3. The molecular formula is C16H11FO4. The fraction of sp³-hybridized carbons (Fsp3) is 0.0625. The van der Waals surface area contributed by atoms with E-state index in [0.717, 1.165) is 0 Å². The lowest BCUT2D eigenvalue weighted by Crippen LogP contribution is -2.00. The van der Waals surface area contributed by atoms with Crippen molar-refractivity contribution >= 4 is 16.7 Å². The Morgan fingerprint density at radius 3 is 2.43 bits per heavy atom. The topological polar surface area (TPSA) is 70.7 Å². The lowest BCUT2D eigenvalue weighted by molar-refractivity contribution is 0.0655. The van der Waals surface area contributed by atoms with Crippen LogP contribution < -0.4 is 0 Å². The summed E-state index contributed by atoms with van der Waals surface area (Å²) in [5.74, 6) is -1.75. The Morgan fingerprint density at radius 2 is 1.76 bits per heavy atom. The molecule has 0 aliphatic rings. The standard InChI is InChI=1S/C16H11FO4/c17-12-6-5-11(9-3-1-2-4-10(9)12)15(18)13-7-8-14(21-13)16(19)20/h1-8,15,18H,(H,19,20). The fourth-order valence-electron chi connectivity index (χ4n) is 2.29. The van der Waals surface area contributed by atoms with Crippen LogP contribution in [-0.2, 0) is 0 Å². The highest BCUT2D eigenvalue weighted by Gasteiger charge is 2.20. The van der Waals surface area contributed by atoms with Gasteiger partial charge >= 0.3 is 5.97 Å². The summed E-state index contributed by atoms with van der Waals surface area (Å²) in [6, 6.07) is 12.1. The summed E-state index contributed by atoms with van der Waals surface area (Å²) < 4.78 is 18.9. The first-order valence-electron chi connectivity index (χ1n) is 6.26. The number of furan rings is 1. The second-order valence-corrected chi connectivity index (χ2v) is 4.59. The molecule has 3 aromatic rings. The van der Waals surface area contributed by atoms with Crippen molar-refractivity contribution in [3.05, 3.63) is 71.4 Å². The summed E-state index contributed by atoms with van der Waals surface area (Å²) in [6.07, 6.45) is -1.16. The van der Waals surface area contributed by atoms with E-state index in [4.69, 9.17) is 9.52 Å². The summed E-state index contributed by atoms with van der Waals surface area (Å²) in [7, 11) is 0.